The SMILES string of the molecule is COc1ccccc1N1CCC(C2CCN(S(C)(=O)=O)CC2)CC1. The number of para-hydroxylation sites is 2. The van der Waals surface area contributed by atoms with Gasteiger partial charge in [0.25, 0.3) is 0 Å². The Labute approximate surface area is 145 Å². The quantitative estimate of drug-likeness (QED) is 0.836. The van der Waals surface area contributed by atoms with Crippen LogP contribution in [0.4, 0.5) is 5.69 Å². The van der Waals surface area contributed by atoms with Crippen molar-refractivity contribution in [3.8, 4) is 5.75 Å². The number of methoxy groups -OCH3 is 1. The van der Waals surface area contributed by atoms with E-state index in [9.17, 15) is 8.42 Å². The molecule has 24 heavy (non-hydrogen) atoms. The summed E-state index contributed by atoms with van der Waals surface area (Å²) in [6.07, 6.45) is 5.70. The maximum atomic E-state index is 11.6. The molecule has 0 N–H and O–H groups in total. The lowest BCUT2D eigenvalue weighted by Gasteiger charge is -2.40. The van der Waals surface area contributed by atoms with Gasteiger partial charge in [-0.1, -0.05) is 12.1 Å². The van der Waals surface area contributed by atoms with Crippen molar-refractivity contribution in [2.24, 2.45) is 11.8 Å². The monoisotopic (exact) mass is 352 g/mol. The number of piperidine rings is 2. The molecule has 0 aliphatic carbocycles. The van der Waals surface area contributed by atoms with Crippen molar-refractivity contribution in [2.75, 3.05) is 44.4 Å². The highest BCUT2D eigenvalue weighted by Crippen LogP contribution is 2.36. The Morgan fingerprint density at radius 1 is 0.958 bits per heavy atom. The molecule has 0 unspecified atom stereocenters. The number of hydrogen-bond acceptors (Lipinski definition) is 4. The fourth-order valence-electron chi connectivity index (χ4n) is 4.18. The van der Waals surface area contributed by atoms with Crippen LogP contribution in [-0.2, 0) is 10.0 Å². The molecular weight excluding hydrogens is 324 g/mol. The van der Waals surface area contributed by atoms with Crippen LogP contribution in [-0.4, -0.2) is 52.3 Å². The van der Waals surface area contributed by atoms with Gasteiger partial charge in [0.05, 0.1) is 19.1 Å². The highest BCUT2D eigenvalue weighted by atomic mass is 32.2. The molecule has 0 radical (unpaired) electrons. The third-order valence-electron chi connectivity index (χ3n) is 5.60. The largest absolute Gasteiger partial charge is 0.495 e. The Bertz CT molecular complexity index is 646. The van der Waals surface area contributed by atoms with Crippen molar-refractivity contribution >= 4 is 15.7 Å². The van der Waals surface area contributed by atoms with Crippen molar-refractivity contribution in [1.29, 1.82) is 0 Å². The molecule has 1 aromatic rings. The van der Waals surface area contributed by atoms with E-state index in [1.165, 1.54) is 24.8 Å². The maximum absolute atomic E-state index is 11.6. The first-order chi connectivity index (χ1) is 11.5. The first kappa shape index (κ1) is 17.5. The van der Waals surface area contributed by atoms with E-state index in [1.807, 2.05) is 12.1 Å². The van der Waals surface area contributed by atoms with Crippen LogP contribution >= 0.6 is 0 Å². The molecule has 2 fully saturated rings. The van der Waals surface area contributed by atoms with Crippen LogP contribution in [0.5, 0.6) is 5.75 Å². The summed E-state index contributed by atoms with van der Waals surface area (Å²) in [5.41, 5.74) is 1.19. The van der Waals surface area contributed by atoms with Gasteiger partial charge in [-0.2, -0.15) is 0 Å². The van der Waals surface area contributed by atoms with E-state index in [0.717, 1.165) is 37.6 Å². The molecule has 0 aromatic heterocycles. The van der Waals surface area contributed by atoms with E-state index in [4.69, 9.17) is 4.74 Å². The Morgan fingerprint density at radius 3 is 2.04 bits per heavy atom. The van der Waals surface area contributed by atoms with Gasteiger partial charge in [-0.25, -0.2) is 12.7 Å². The van der Waals surface area contributed by atoms with E-state index >= 15 is 0 Å². The highest BCUT2D eigenvalue weighted by molar-refractivity contribution is 7.88. The molecule has 6 heteroatoms. The molecule has 0 bridgehead atoms. The summed E-state index contributed by atoms with van der Waals surface area (Å²) < 4.78 is 30.4. The van der Waals surface area contributed by atoms with Crippen LogP contribution in [0.15, 0.2) is 24.3 Å². The molecule has 0 amide bonds. The molecule has 5 nitrogen and oxygen atoms in total. The molecule has 0 saturated carbocycles. The third kappa shape index (κ3) is 3.86. The summed E-state index contributed by atoms with van der Waals surface area (Å²) in [5.74, 6) is 2.33. The summed E-state index contributed by atoms with van der Waals surface area (Å²) >= 11 is 0. The standard InChI is InChI=1S/C18H28N2O3S/c1-23-18-6-4-3-5-17(18)19-11-7-15(8-12-19)16-9-13-20(14-10-16)24(2,21)22/h3-6,15-16H,7-14H2,1-2H3. The van der Waals surface area contributed by atoms with Crippen LogP contribution in [0.1, 0.15) is 25.7 Å². The van der Waals surface area contributed by atoms with E-state index in [1.54, 1.807) is 11.4 Å². The Kier molecular flexibility index (Phi) is 5.35. The van der Waals surface area contributed by atoms with E-state index in [-0.39, 0.29) is 0 Å². The van der Waals surface area contributed by atoms with Gasteiger partial charge in [-0.05, 0) is 49.7 Å². The molecular formula is C18H28N2O3S. The lowest BCUT2D eigenvalue weighted by molar-refractivity contribution is 0.183. The van der Waals surface area contributed by atoms with Gasteiger partial charge in [-0.15, -0.1) is 0 Å². The van der Waals surface area contributed by atoms with Crippen LogP contribution in [0, 0.1) is 11.8 Å². The molecule has 0 atom stereocenters. The second-order valence-electron chi connectivity index (χ2n) is 7.00. The summed E-state index contributed by atoms with van der Waals surface area (Å²) in [7, 11) is -1.30. The van der Waals surface area contributed by atoms with Crippen LogP contribution in [0.25, 0.3) is 0 Å². The fourth-order valence-corrected chi connectivity index (χ4v) is 5.06. The predicted molar refractivity (Wildman–Crippen MR) is 97.1 cm³/mol. The van der Waals surface area contributed by atoms with Crippen molar-refractivity contribution in [3.05, 3.63) is 24.3 Å². The van der Waals surface area contributed by atoms with Crippen LogP contribution < -0.4 is 9.64 Å². The Hall–Kier alpha value is -1.27. The van der Waals surface area contributed by atoms with Crippen molar-refractivity contribution in [2.45, 2.75) is 25.7 Å². The topological polar surface area (TPSA) is 49.9 Å². The second-order valence-corrected chi connectivity index (χ2v) is 8.98. The molecule has 2 aliphatic rings. The Morgan fingerprint density at radius 2 is 1.50 bits per heavy atom. The number of sulfonamides is 1. The molecule has 2 heterocycles. The minimum Gasteiger partial charge on any atom is -0.495 e. The first-order valence-corrected chi connectivity index (χ1v) is 10.7. The minimum absolute atomic E-state index is 0.669. The van der Waals surface area contributed by atoms with Gasteiger partial charge in [0, 0.05) is 26.2 Å². The van der Waals surface area contributed by atoms with Gasteiger partial charge in [0.2, 0.25) is 10.0 Å². The smallest absolute Gasteiger partial charge is 0.211 e. The minimum atomic E-state index is -3.02. The zero-order chi connectivity index (χ0) is 17.2. The molecule has 134 valence electrons. The average molecular weight is 353 g/mol. The molecule has 3 rings (SSSR count). The van der Waals surface area contributed by atoms with Gasteiger partial charge in [-0.3, -0.25) is 0 Å². The summed E-state index contributed by atoms with van der Waals surface area (Å²) in [5, 5.41) is 0. The molecule has 1 aromatic carbocycles. The predicted octanol–water partition coefficient (Wildman–Crippen LogP) is 2.58. The number of ether oxygens (including phenoxy) is 1. The fraction of sp³-hybridized carbons (Fsp3) is 0.667. The molecule has 2 saturated heterocycles. The van der Waals surface area contributed by atoms with E-state index in [2.05, 4.69) is 17.0 Å². The zero-order valence-electron chi connectivity index (χ0n) is 14.6. The van der Waals surface area contributed by atoms with Gasteiger partial charge < -0.3 is 9.64 Å². The van der Waals surface area contributed by atoms with Crippen molar-refractivity contribution in [1.82, 2.24) is 4.31 Å². The molecule has 2 aliphatic heterocycles. The number of rotatable bonds is 4. The van der Waals surface area contributed by atoms with E-state index in [0.29, 0.717) is 19.0 Å². The van der Waals surface area contributed by atoms with E-state index < -0.39 is 10.0 Å². The summed E-state index contributed by atoms with van der Waals surface area (Å²) in [6, 6.07) is 8.21. The average Bonchev–Trinajstić information content (AvgIpc) is 2.61. The van der Waals surface area contributed by atoms with Crippen LogP contribution in [0.3, 0.4) is 0 Å². The Balaban J connectivity index is 1.54. The van der Waals surface area contributed by atoms with Gasteiger partial charge in [0.15, 0.2) is 0 Å². The lowest BCUT2D eigenvalue weighted by atomic mass is 9.79. The first-order valence-electron chi connectivity index (χ1n) is 8.82. The van der Waals surface area contributed by atoms with Crippen LogP contribution in [0.2, 0.25) is 0 Å². The summed E-state index contributed by atoms with van der Waals surface area (Å²) in [6.45, 7) is 3.49. The summed E-state index contributed by atoms with van der Waals surface area (Å²) in [4.78, 5) is 2.42. The number of hydrogen-bond donors (Lipinski definition) is 0. The van der Waals surface area contributed by atoms with Crippen molar-refractivity contribution < 1.29 is 13.2 Å². The second kappa shape index (κ2) is 7.31. The van der Waals surface area contributed by atoms with Crippen molar-refractivity contribution in [3.63, 3.8) is 0 Å². The van der Waals surface area contributed by atoms with Gasteiger partial charge >= 0.3 is 0 Å². The maximum Gasteiger partial charge on any atom is 0.211 e. The number of anilines is 1. The third-order valence-corrected chi connectivity index (χ3v) is 6.90. The lowest BCUT2D eigenvalue weighted by Crippen LogP contribution is -2.42. The van der Waals surface area contributed by atoms with Gasteiger partial charge in [0.1, 0.15) is 5.75 Å². The number of benzene rings is 1. The normalized spacial score (nSPS) is 21.8. The zero-order valence-corrected chi connectivity index (χ0v) is 15.5. The molecule has 0 spiro atoms. The highest BCUT2D eigenvalue weighted by Gasteiger charge is 2.32. The number of nitrogens with zero attached hydrogens (tertiary/aromatic N) is 2.